The van der Waals surface area contributed by atoms with Crippen LogP contribution in [0.15, 0.2) is 0 Å². The van der Waals surface area contributed by atoms with Gasteiger partial charge in [0.05, 0.1) is 18.2 Å². The highest BCUT2D eigenvalue weighted by Crippen LogP contribution is 2.13. The summed E-state index contributed by atoms with van der Waals surface area (Å²) in [5.41, 5.74) is 0. The van der Waals surface area contributed by atoms with Crippen LogP contribution in [-0.4, -0.2) is 157 Å². The molecule has 0 spiro atoms. The van der Waals surface area contributed by atoms with Crippen LogP contribution in [0.1, 0.15) is 77.6 Å². The van der Waals surface area contributed by atoms with Crippen molar-refractivity contribution >= 4 is 17.6 Å². The average Bonchev–Trinajstić information content (AvgIpc) is 3.04. The van der Waals surface area contributed by atoms with Gasteiger partial charge in [0.15, 0.2) is 18.4 Å². The Balaban J connectivity index is 4.08. The molecule has 2 amide bonds. The van der Waals surface area contributed by atoms with Gasteiger partial charge in [-0.25, -0.2) is 0 Å². The Morgan fingerprint density at radius 2 is 1.19 bits per heavy atom. The van der Waals surface area contributed by atoms with E-state index >= 15 is 0 Å². The molecule has 17 heteroatoms. The van der Waals surface area contributed by atoms with E-state index in [1.165, 1.54) is 6.92 Å². The summed E-state index contributed by atoms with van der Waals surface area (Å²) in [4.78, 5) is 36.3. The number of ketones is 1. The van der Waals surface area contributed by atoms with Gasteiger partial charge in [-0.1, -0.05) is 0 Å². The number of carbonyl (C=O) groups is 3. The largest absolute Gasteiger partial charge is 0.396 e. The van der Waals surface area contributed by atoms with Gasteiger partial charge in [0.1, 0.15) is 18.3 Å². The fourth-order valence-corrected chi connectivity index (χ4v) is 4.39. The molecule has 0 aliphatic carbocycles. The fourth-order valence-electron chi connectivity index (χ4n) is 4.39. The number of Topliss-reactive ketones (excluding diaryl/α,β-unsaturated/α-hetero) is 1. The molecule has 12 N–H and O–H groups in total. The number of unbranched alkanes of at least 4 members (excludes halogenated alkanes) is 3. The van der Waals surface area contributed by atoms with E-state index in [0.29, 0.717) is 51.5 Å². The second-order valence-electron chi connectivity index (χ2n) is 11.6. The normalized spacial score (nSPS) is 16.9. The summed E-state index contributed by atoms with van der Waals surface area (Å²) in [6.07, 6.45) is -8.34. The summed E-state index contributed by atoms with van der Waals surface area (Å²) in [6, 6.07) is -0.681. The molecule has 0 aromatic rings. The molecular weight excluding hydrogens is 628 g/mol. The Labute approximate surface area is 275 Å². The second-order valence-corrected chi connectivity index (χ2v) is 11.6. The number of hydrogen-bond donors (Lipinski definition) is 12. The lowest BCUT2D eigenvalue weighted by molar-refractivity contribution is -0.203. The van der Waals surface area contributed by atoms with E-state index in [1.807, 2.05) is 0 Å². The van der Waals surface area contributed by atoms with Crippen molar-refractivity contribution in [1.29, 1.82) is 0 Å². The van der Waals surface area contributed by atoms with Gasteiger partial charge in [0, 0.05) is 58.3 Å². The third-order valence-electron chi connectivity index (χ3n) is 7.48. The van der Waals surface area contributed by atoms with Gasteiger partial charge in [0.25, 0.3) is 0 Å². The molecule has 7 unspecified atom stereocenters. The molecule has 0 fully saturated rings. The van der Waals surface area contributed by atoms with E-state index in [9.17, 15) is 50.1 Å². The lowest BCUT2D eigenvalue weighted by Gasteiger charge is -2.26. The number of hydrogen-bond acceptors (Lipinski definition) is 15. The van der Waals surface area contributed by atoms with E-state index < -0.39 is 61.7 Å². The summed E-state index contributed by atoms with van der Waals surface area (Å²) in [7, 11) is 0. The van der Waals surface area contributed by atoms with Crippen molar-refractivity contribution < 1.29 is 74.9 Å². The molecule has 0 radical (unpaired) electrons. The first kappa shape index (κ1) is 45.1. The number of amides is 2. The molecule has 17 nitrogen and oxygen atoms in total. The molecule has 0 saturated heterocycles. The third-order valence-corrected chi connectivity index (χ3v) is 7.48. The van der Waals surface area contributed by atoms with Crippen molar-refractivity contribution in [3.8, 4) is 0 Å². The van der Waals surface area contributed by atoms with Gasteiger partial charge >= 0.3 is 0 Å². The molecule has 0 aliphatic rings. The predicted octanol–water partition coefficient (Wildman–Crippen LogP) is -3.46. The minimum absolute atomic E-state index is 0.0321. The van der Waals surface area contributed by atoms with Crippen molar-refractivity contribution in [2.75, 3.05) is 39.6 Å². The Bertz CT molecular complexity index is 835. The molecule has 278 valence electrons. The Hall–Kier alpha value is -1.87. The maximum atomic E-state index is 12.3. The average molecular weight is 687 g/mol. The van der Waals surface area contributed by atoms with Crippen LogP contribution in [0, 0.1) is 5.92 Å². The monoisotopic (exact) mass is 686 g/mol. The maximum absolute atomic E-state index is 12.3. The van der Waals surface area contributed by atoms with Crippen LogP contribution in [-0.2, 0) is 23.9 Å². The summed E-state index contributed by atoms with van der Waals surface area (Å²) < 4.78 is 10.1. The molecule has 0 bridgehead atoms. The molecule has 0 saturated carbocycles. The van der Waals surface area contributed by atoms with Gasteiger partial charge < -0.3 is 71.2 Å². The maximum Gasteiger partial charge on any atom is 0.220 e. The topological polar surface area (TPSA) is 296 Å². The molecule has 47 heavy (non-hydrogen) atoms. The highest BCUT2D eigenvalue weighted by molar-refractivity contribution is 5.87. The number of nitrogens with one attached hydrogen (secondary N) is 2. The van der Waals surface area contributed by atoms with Crippen LogP contribution in [0.4, 0.5) is 0 Å². The first-order valence-corrected chi connectivity index (χ1v) is 16.2. The van der Waals surface area contributed by atoms with E-state index in [-0.39, 0.29) is 69.7 Å². The number of carbonyl (C=O) groups excluding carboxylic acids is 3. The minimum Gasteiger partial charge on any atom is -0.396 e. The first-order valence-electron chi connectivity index (χ1n) is 16.2. The molecule has 0 aliphatic heterocycles. The number of ether oxygens (including phenoxy) is 2. The fraction of sp³-hybridized carbons (Fsp3) is 0.900. The second kappa shape index (κ2) is 27.0. The van der Waals surface area contributed by atoms with Gasteiger partial charge in [0.2, 0.25) is 11.8 Å². The highest BCUT2D eigenvalue weighted by Gasteiger charge is 2.31. The Morgan fingerprint density at radius 3 is 1.72 bits per heavy atom. The van der Waals surface area contributed by atoms with E-state index in [2.05, 4.69) is 10.6 Å². The van der Waals surface area contributed by atoms with Crippen LogP contribution in [0.25, 0.3) is 0 Å². The molecule has 0 aromatic carbocycles. The SMILES string of the molecule is CC(=O)[C@@H](CCCCNC(=O)CCCCOC(O)C(O)C(O)CC(CO)CO)NC(=O)CCCCOC(O)C(O)C(O)C(O)CCO. The van der Waals surface area contributed by atoms with Gasteiger partial charge in [-0.15, -0.1) is 0 Å². The van der Waals surface area contributed by atoms with Crippen LogP contribution >= 0.6 is 0 Å². The lowest BCUT2D eigenvalue weighted by Crippen LogP contribution is -2.45. The first-order chi connectivity index (χ1) is 22.3. The lowest BCUT2D eigenvalue weighted by atomic mass is 9.99. The van der Waals surface area contributed by atoms with Gasteiger partial charge in [-0.2, -0.15) is 0 Å². The van der Waals surface area contributed by atoms with Crippen molar-refractivity contribution in [3.05, 3.63) is 0 Å². The zero-order valence-corrected chi connectivity index (χ0v) is 27.2. The third kappa shape index (κ3) is 21.0. The van der Waals surface area contributed by atoms with Gasteiger partial charge in [-0.05, 0) is 64.7 Å². The van der Waals surface area contributed by atoms with Crippen molar-refractivity contribution in [2.24, 2.45) is 5.92 Å². The van der Waals surface area contributed by atoms with Crippen molar-refractivity contribution in [1.82, 2.24) is 10.6 Å². The van der Waals surface area contributed by atoms with Crippen LogP contribution in [0.2, 0.25) is 0 Å². The van der Waals surface area contributed by atoms with E-state index in [4.69, 9.17) is 24.8 Å². The van der Waals surface area contributed by atoms with Crippen molar-refractivity contribution in [3.63, 3.8) is 0 Å². The molecule has 8 atom stereocenters. The van der Waals surface area contributed by atoms with Crippen LogP contribution in [0.5, 0.6) is 0 Å². The summed E-state index contributed by atoms with van der Waals surface area (Å²) in [5, 5.41) is 101. The highest BCUT2D eigenvalue weighted by atomic mass is 16.6. The predicted molar refractivity (Wildman–Crippen MR) is 165 cm³/mol. The molecule has 0 rings (SSSR count). The van der Waals surface area contributed by atoms with E-state index in [1.54, 1.807) is 0 Å². The molecule has 0 heterocycles. The summed E-state index contributed by atoms with van der Waals surface area (Å²) >= 11 is 0. The smallest absolute Gasteiger partial charge is 0.220 e. The zero-order chi connectivity index (χ0) is 35.8. The number of rotatable bonds is 30. The van der Waals surface area contributed by atoms with Gasteiger partial charge in [-0.3, -0.25) is 14.4 Å². The summed E-state index contributed by atoms with van der Waals surface area (Å²) in [5.74, 6) is -1.38. The number of aliphatic hydroxyl groups excluding tert-OH is 10. The standard InChI is InChI=1S/C30H58N2O15/c1-19(36)21(32-25(40)10-4-7-15-47-30(45)28(43)26(41)22(37)11-13-33)8-2-5-12-31-24(39)9-3-6-14-46-29(44)27(42)23(38)16-20(17-34)18-35/h20-23,26-30,33-35,37-38,41-45H,2-18H2,1H3,(H,31,39)(H,32,40)/t21-,22?,23?,26?,27?,28?,29?,30?/m1/s1. The van der Waals surface area contributed by atoms with Crippen LogP contribution in [0.3, 0.4) is 0 Å². The molecule has 0 aromatic heterocycles. The molecular formula is C30H58N2O15. The Kier molecular flexibility index (Phi) is 25.9. The van der Waals surface area contributed by atoms with Crippen LogP contribution < -0.4 is 10.6 Å². The summed E-state index contributed by atoms with van der Waals surface area (Å²) in [6.45, 7) is 0.564. The number of aliphatic hydroxyl groups is 10. The quantitative estimate of drug-likeness (QED) is 0.0258. The minimum atomic E-state index is -1.79. The van der Waals surface area contributed by atoms with E-state index in [0.717, 1.165) is 0 Å². The zero-order valence-electron chi connectivity index (χ0n) is 27.2. The Morgan fingerprint density at radius 1 is 0.638 bits per heavy atom. The van der Waals surface area contributed by atoms with Crippen molar-refractivity contribution in [2.45, 2.75) is 127 Å².